The normalized spacial score (nSPS) is 12.8. The van der Waals surface area contributed by atoms with E-state index in [9.17, 15) is 0 Å². The summed E-state index contributed by atoms with van der Waals surface area (Å²) >= 11 is 0. The summed E-state index contributed by atoms with van der Waals surface area (Å²) in [6.45, 7) is 8.55. The molecule has 102 valence electrons. The fraction of sp³-hybridized carbons (Fsp3) is 0.438. The average molecular weight is 257 g/mol. The summed E-state index contributed by atoms with van der Waals surface area (Å²) < 4.78 is 2.04. The van der Waals surface area contributed by atoms with Gasteiger partial charge < -0.3 is 5.32 Å². The molecule has 0 saturated carbocycles. The second-order valence-corrected chi connectivity index (χ2v) is 5.23. The number of likely N-dealkylation sites (N-methyl/N-ethyl adjacent to an activating group) is 1. The third kappa shape index (κ3) is 3.67. The molecule has 1 aromatic heterocycles. The Morgan fingerprint density at radius 1 is 1.16 bits per heavy atom. The van der Waals surface area contributed by atoms with Crippen molar-refractivity contribution < 1.29 is 0 Å². The maximum absolute atomic E-state index is 4.47. The van der Waals surface area contributed by atoms with Crippen LogP contribution in [0, 0.1) is 5.92 Å². The molecule has 2 rings (SSSR count). The summed E-state index contributed by atoms with van der Waals surface area (Å²) in [7, 11) is 0. The summed E-state index contributed by atoms with van der Waals surface area (Å²) in [4.78, 5) is 0. The minimum Gasteiger partial charge on any atom is -0.312 e. The van der Waals surface area contributed by atoms with Gasteiger partial charge in [-0.15, -0.1) is 0 Å². The first kappa shape index (κ1) is 13.8. The molecular formula is C16H23N3. The highest BCUT2D eigenvalue weighted by molar-refractivity contribution is 5.61. The predicted octanol–water partition coefficient (Wildman–Crippen LogP) is 3.18. The molecule has 0 bridgehead atoms. The van der Waals surface area contributed by atoms with E-state index in [1.54, 1.807) is 0 Å². The molecule has 3 nitrogen and oxygen atoms in total. The minimum absolute atomic E-state index is 0.466. The topological polar surface area (TPSA) is 29.9 Å². The zero-order chi connectivity index (χ0) is 13.7. The Bertz CT molecular complexity index is 488. The van der Waals surface area contributed by atoms with Crippen molar-refractivity contribution in [3.8, 4) is 11.1 Å². The van der Waals surface area contributed by atoms with Crippen molar-refractivity contribution in [3.05, 3.63) is 42.7 Å². The molecule has 2 aromatic rings. The lowest BCUT2D eigenvalue weighted by molar-refractivity contribution is 0.348. The molecule has 0 amide bonds. The highest BCUT2D eigenvalue weighted by Gasteiger charge is 2.13. The molecule has 0 aliphatic heterocycles. The summed E-state index contributed by atoms with van der Waals surface area (Å²) in [6, 6.07) is 10.9. The molecule has 0 aliphatic carbocycles. The molecule has 1 atom stereocenters. The first-order chi connectivity index (χ1) is 9.20. The first-order valence-electron chi connectivity index (χ1n) is 7.02. The van der Waals surface area contributed by atoms with Crippen molar-refractivity contribution in [2.75, 3.05) is 6.54 Å². The van der Waals surface area contributed by atoms with Crippen LogP contribution in [0.4, 0.5) is 0 Å². The Morgan fingerprint density at radius 2 is 1.89 bits per heavy atom. The third-order valence-corrected chi connectivity index (χ3v) is 3.40. The average Bonchev–Trinajstić information content (AvgIpc) is 2.88. The zero-order valence-electron chi connectivity index (χ0n) is 12.0. The number of hydrogen-bond acceptors (Lipinski definition) is 2. The van der Waals surface area contributed by atoms with Crippen molar-refractivity contribution >= 4 is 0 Å². The predicted molar refractivity (Wildman–Crippen MR) is 80.0 cm³/mol. The van der Waals surface area contributed by atoms with Gasteiger partial charge in [-0.2, -0.15) is 5.10 Å². The fourth-order valence-electron chi connectivity index (χ4n) is 2.22. The molecule has 3 heteroatoms. The van der Waals surface area contributed by atoms with Gasteiger partial charge in [0.25, 0.3) is 0 Å². The largest absolute Gasteiger partial charge is 0.312 e. The molecule has 1 unspecified atom stereocenters. The summed E-state index contributed by atoms with van der Waals surface area (Å²) in [5.41, 5.74) is 2.40. The SMILES string of the molecule is CCNC(Cn1cc(-c2ccccc2)cn1)C(C)C. The number of nitrogens with zero attached hydrogens (tertiary/aromatic N) is 2. The van der Waals surface area contributed by atoms with E-state index in [1.807, 2.05) is 16.9 Å². The summed E-state index contributed by atoms with van der Waals surface area (Å²) in [5.74, 6) is 0.601. The third-order valence-electron chi connectivity index (χ3n) is 3.40. The van der Waals surface area contributed by atoms with Gasteiger partial charge in [-0.3, -0.25) is 4.68 Å². The molecule has 0 saturated heterocycles. The van der Waals surface area contributed by atoms with Crippen LogP contribution in [0.1, 0.15) is 20.8 Å². The Hall–Kier alpha value is -1.61. The van der Waals surface area contributed by atoms with Gasteiger partial charge in [0, 0.05) is 17.8 Å². The van der Waals surface area contributed by atoms with Crippen LogP contribution in [-0.4, -0.2) is 22.4 Å². The van der Waals surface area contributed by atoms with Crippen molar-refractivity contribution in [2.45, 2.75) is 33.4 Å². The van der Waals surface area contributed by atoms with Gasteiger partial charge in [-0.1, -0.05) is 51.1 Å². The molecule has 0 spiro atoms. The minimum atomic E-state index is 0.466. The van der Waals surface area contributed by atoms with Crippen molar-refractivity contribution in [3.63, 3.8) is 0 Å². The Morgan fingerprint density at radius 3 is 2.53 bits per heavy atom. The van der Waals surface area contributed by atoms with E-state index in [4.69, 9.17) is 0 Å². The lowest BCUT2D eigenvalue weighted by atomic mass is 10.0. The van der Waals surface area contributed by atoms with E-state index in [2.05, 4.69) is 61.6 Å². The van der Waals surface area contributed by atoms with E-state index >= 15 is 0 Å². The Kier molecular flexibility index (Phi) is 4.74. The van der Waals surface area contributed by atoms with Gasteiger partial charge in [-0.25, -0.2) is 0 Å². The van der Waals surface area contributed by atoms with Crippen LogP contribution in [0.2, 0.25) is 0 Å². The zero-order valence-corrected chi connectivity index (χ0v) is 12.0. The number of nitrogens with one attached hydrogen (secondary N) is 1. The van der Waals surface area contributed by atoms with Gasteiger partial charge in [0.15, 0.2) is 0 Å². The van der Waals surface area contributed by atoms with Crippen LogP contribution < -0.4 is 5.32 Å². The van der Waals surface area contributed by atoms with Gasteiger partial charge >= 0.3 is 0 Å². The molecule has 1 heterocycles. The molecule has 0 fully saturated rings. The van der Waals surface area contributed by atoms with Crippen LogP contribution in [0.25, 0.3) is 11.1 Å². The van der Waals surface area contributed by atoms with Gasteiger partial charge in [-0.05, 0) is 18.0 Å². The number of aromatic nitrogens is 2. The highest BCUT2D eigenvalue weighted by Crippen LogP contribution is 2.18. The highest BCUT2D eigenvalue weighted by atomic mass is 15.3. The van der Waals surface area contributed by atoms with Crippen LogP contribution in [0.3, 0.4) is 0 Å². The summed E-state index contributed by atoms with van der Waals surface area (Å²) in [6.07, 6.45) is 4.07. The molecular weight excluding hydrogens is 234 g/mol. The lowest BCUT2D eigenvalue weighted by Gasteiger charge is -2.21. The van der Waals surface area contributed by atoms with Crippen LogP contribution in [0.15, 0.2) is 42.7 Å². The first-order valence-corrected chi connectivity index (χ1v) is 7.02. The van der Waals surface area contributed by atoms with E-state index in [0.717, 1.165) is 13.1 Å². The summed E-state index contributed by atoms with van der Waals surface area (Å²) in [5, 5.41) is 7.99. The standard InChI is InChI=1S/C16H23N3/c1-4-17-16(13(2)3)12-19-11-15(10-18-19)14-8-6-5-7-9-14/h5-11,13,16-17H,4,12H2,1-3H3. The van der Waals surface area contributed by atoms with E-state index in [1.165, 1.54) is 11.1 Å². The van der Waals surface area contributed by atoms with Gasteiger partial charge in [0.2, 0.25) is 0 Å². The molecule has 1 aromatic carbocycles. The number of rotatable bonds is 6. The number of benzene rings is 1. The molecule has 0 radical (unpaired) electrons. The van der Waals surface area contributed by atoms with E-state index < -0.39 is 0 Å². The quantitative estimate of drug-likeness (QED) is 0.861. The van der Waals surface area contributed by atoms with Crippen molar-refractivity contribution in [1.29, 1.82) is 0 Å². The number of hydrogen-bond donors (Lipinski definition) is 1. The van der Waals surface area contributed by atoms with Gasteiger partial charge in [0.1, 0.15) is 0 Å². The smallest absolute Gasteiger partial charge is 0.0568 e. The maximum atomic E-state index is 4.47. The van der Waals surface area contributed by atoms with Gasteiger partial charge in [0.05, 0.1) is 12.7 Å². The molecule has 1 N–H and O–H groups in total. The monoisotopic (exact) mass is 257 g/mol. The second kappa shape index (κ2) is 6.53. The van der Waals surface area contributed by atoms with Crippen LogP contribution >= 0.6 is 0 Å². The second-order valence-electron chi connectivity index (χ2n) is 5.23. The van der Waals surface area contributed by atoms with Crippen molar-refractivity contribution in [2.24, 2.45) is 5.92 Å². The van der Waals surface area contributed by atoms with E-state index in [-0.39, 0.29) is 0 Å². The lowest BCUT2D eigenvalue weighted by Crippen LogP contribution is -2.37. The van der Waals surface area contributed by atoms with Crippen molar-refractivity contribution in [1.82, 2.24) is 15.1 Å². The molecule has 0 aliphatic rings. The Labute approximate surface area is 115 Å². The van der Waals surface area contributed by atoms with Crippen LogP contribution in [-0.2, 0) is 6.54 Å². The van der Waals surface area contributed by atoms with Crippen LogP contribution in [0.5, 0.6) is 0 Å². The molecule has 19 heavy (non-hydrogen) atoms. The van der Waals surface area contributed by atoms with E-state index in [0.29, 0.717) is 12.0 Å². The maximum Gasteiger partial charge on any atom is 0.0568 e. The Balaban J connectivity index is 2.09. The fourth-order valence-corrected chi connectivity index (χ4v) is 2.22.